The summed E-state index contributed by atoms with van der Waals surface area (Å²) >= 11 is 0. The Morgan fingerprint density at radius 1 is 1.03 bits per heavy atom. The standard InChI is InChI=1S/C21H28N2O5S/c1-5-27-19-12-8-18(9-13-19)23(29(4,25)26)14-21(24)22-17(3)15-28-20-10-6-16(2)7-11-20/h6-13,17H,5,14-15H2,1-4H3,(H,22,24)/t17-/m0/s1. The van der Waals surface area contributed by atoms with Crippen LogP contribution in [-0.4, -0.2) is 46.4 Å². The van der Waals surface area contributed by atoms with Gasteiger partial charge in [0.25, 0.3) is 0 Å². The van der Waals surface area contributed by atoms with E-state index in [1.54, 1.807) is 31.2 Å². The smallest absolute Gasteiger partial charge is 0.241 e. The van der Waals surface area contributed by atoms with Crippen LogP contribution in [0.4, 0.5) is 5.69 Å². The summed E-state index contributed by atoms with van der Waals surface area (Å²) < 4.78 is 36.5. The highest BCUT2D eigenvalue weighted by atomic mass is 32.2. The van der Waals surface area contributed by atoms with Gasteiger partial charge in [0.2, 0.25) is 15.9 Å². The lowest BCUT2D eigenvalue weighted by Gasteiger charge is -2.23. The predicted molar refractivity (Wildman–Crippen MR) is 114 cm³/mol. The van der Waals surface area contributed by atoms with E-state index in [9.17, 15) is 13.2 Å². The molecule has 0 aliphatic rings. The molecule has 0 heterocycles. The number of carbonyl (C=O) groups excluding carboxylic acids is 1. The zero-order chi connectivity index (χ0) is 21.4. The van der Waals surface area contributed by atoms with Crippen LogP contribution in [0, 0.1) is 6.92 Å². The zero-order valence-corrected chi connectivity index (χ0v) is 18.0. The lowest BCUT2D eigenvalue weighted by atomic mass is 10.2. The molecule has 0 spiro atoms. The van der Waals surface area contributed by atoms with Crippen molar-refractivity contribution in [2.24, 2.45) is 0 Å². The molecule has 0 saturated carbocycles. The van der Waals surface area contributed by atoms with Crippen LogP contribution in [0.15, 0.2) is 48.5 Å². The normalized spacial score (nSPS) is 12.1. The minimum absolute atomic E-state index is 0.275. The Balaban J connectivity index is 1.96. The summed E-state index contributed by atoms with van der Waals surface area (Å²) in [6, 6.07) is 13.9. The van der Waals surface area contributed by atoms with Crippen LogP contribution in [0.25, 0.3) is 0 Å². The number of benzene rings is 2. The van der Waals surface area contributed by atoms with Crippen molar-refractivity contribution in [2.75, 3.05) is 30.3 Å². The topological polar surface area (TPSA) is 84.9 Å². The summed E-state index contributed by atoms with van der Waals surface area (Å²) in [6.07, 6.45) is 1.07. The van der Waals surface area contributed by atoms with Crippen molar-refractivity contribution in [3.05, 3.63) is 54.1 Å². The van der Waals surface area contributed by atoms with Crippen LogP contribution in [0.3, 0.4) is 0 Å². The molecule has 29 heavy (non-hydrogen) atoms. The SMILES string of the molecule is CCOc1ccc(N(CC(=O)N[C@@H](C)COc2ccc(C)cc2)S(C)(=O)=O)cc1. The number of nitrogens with zero attached hydrogens (tertiary/aromatic N) is 1. The number of rotatable bonds is 10. The maximum atomic E-state index is 12.4. The van der Waals surface area contributed by atoms with Crippen molar-refractivity contribution in [3.8, 4) is 11.5 Å². The Morgan fingerprint density at radius 3 is 2.14 bits per heavy atom. The van der Waals surface area contributed by atoms with Crippen molar-refractivity contribution in [3.63, 3.8) is 0 Å². The van der Waals surface area contributed by atoms with Crippen LogP contribution in [0.1, 0.15) is 19.4 Å². The molecule has 0 fully saturated rings. The molecule has 0 aliphatic heterocycles. The Labute approximate surface area is 172 Å². The van der Waals surface area contributed by atoms with Crippen molar-refractivity contribution in [2.45, 2.75) is 26.8 Å². The summed E-state index contributed by atoms with van der Waals surface area (Å²) in [5.41, 5.74) is 1.53. The molecule has 7 nitrogen and oxygen atoms in total. The fourth-order valence-corrected chi connectivity index (χ4v) is 3.48. The molecule has 2 aromatic carbocycles. The Hall–Kier alpha value is -2.74. The van der Waals surface area contributed by atoms with E-state index < -0.39 is 15.9 Å². The van der Waals surface area contributed by atoms with E-state index >= 15 is 0 Å². The van der Waals surface area contributed by atoms with Crippen LogP contribution in [0.2, 0.25) is 0 Å². The number of amides is 1. The van der Waals surface area contributed by atoms with Gasteiger partial charge in [-0.15, -0.1) is 0 Å². The summed E-state index contributed by atoms with van der Waals surface area (Å²) in [6.45, 7) is 6.13. The number of sulfonamides is 1. The quantitative estimate of drug-likeness (QED) is 0.639. The third-order valence-corrected chi connectivity index (χ3v) is 5.19. The first-order chi connectivity index (χ1) is 13.7. The third kappa shape index (κ3) is 7.30. The number of carbonyl (C=O) groups is 1. The van der Waals surface area contributed by atoms with Gasteiger partial charge in [0, 0.05) is 0 Å². The number of hydrogen-bond donors (Lipinski definition) is 1. The van der Waals surface area contributed by atoms with Gasteiger partial charge in [-0.25, -0.2) is 8.42 Å². The first kappa shape index (κ1) is 22.5. The molecule has 1 amide bonds. The monoisotopic (exact) mass is 420 g/mol. The molecule has 0 bridgehead atoms. The van der Waals surface area contributed by atoms with E-state index in [0.29, 0.717) is 23.8 Å². The molecule has 0 aromatic heterocycles. The molecular formula is C21H28N2O5S. The van der Waals surface area contributed by atoms with Gasteiger partial charge in [0.05, 0.1) is 24.6 Å². The Kier molecular flexibility index (Phi) is 7.90. The van der Waals surface area contributed by atoms with E-state index in [1.165, 1.54) is 0 Å². The number of ether oxygens (including phenoxy) is 2. The first-order valence-corrected chi connectivity index (χ1v) is 11.2. The molecule has 1 N–H and O–H groups in total. The minimum atomic E-state index is -3.63. The molecule has 2 aromatic rings. The van der Waals surface area contributed by atoms with Crippen LogP contribution in [0.5, 0.6) is 11.5 Å². The number of hydrogen-bond acceptors (Lipinski definition) is 5. The van der Waals surface area contributed by atoms with Gasteiger partial charge in [-0.2, -0.15) is 0 Å². The van der Waals surface area contributed by atoms with Crippen molar-refractivity contribution < 1.29 is 22.7 Å². The lowest BCUT2D eigenvalue weighted by molar-refractivity contribution is -0.120. The highest BCUT2D eigenvalue weighted by Gasteiger charge is 2.21. The van der Waals surface area contributed by atoms with Gasteiger partial charge >= 0.3 is 0 Å². The predicted octanol–water partition coefficient (Wildman–Crippen LogP) is 2.74. The van der Waals surface area contributed by atoms with Gasteiger partial charge in [-0.3, -0.25) is 9.10 Å². The number of nitrogens with one attached hydrogen (secondary N) is 1. The average molecular weight is 421 g/mol. The van der Waals surface area contributed by atoms with Crippen LogP contribution < -0.4 is 19.1 Å². The third-order valence-electron chi connectivity index (χ3n) is 4.05. The summed E-state index contributed by atoms with van der Waals surface area (Å²) in [7, 11) is -3.63. The summed E-state index contributed by atoms with van der Waals surface area (Å²) in [4.78, 5) is 12.4. The molecule has 158 valence electrons. The van der Waals surface area contributed by atoms with Crippen LogP contribution in [-0.2, 0) is 14.8 Å². The van der Waals surface area contributed by atoms with E-state index in [-0.39, 0.29) is 19.2 Å². The summed E-state index contributed by atoms with van der Waals surface area (Å²) in [5.74, 6) is 0.934. The second-order valence-corrected chi connectivity index (χ2v) is 8.70. The highest BCUT2D eigenvalue weighted by molar-refractivity contribution is 7.92. The molecule has 2 rings (SSSR count). The molecule has 0 unspecified atom stereocenters. The first-order valence-electron chi connectivity index (χ1n) is 9.38. The van der Waals surface area contributed by atoms with Gasteiger partial charge in [-0.05, 0) is 57.2 Å². The lowest BCUT2D eigenvalue weighted by Crippen LogP contribution is -2.44. The summed E-state index contributed by atoms with van der Waals surface area (Å²) in [5, 5.41) is 2.77. The van der Waals surface area contributed by atoms with E-state index in [4.69, 9.17) is 9.47 Å². The molecular weight excluding hydrogens is 392 g/mol. The van der Waals surface area contributed by atoms with E-state index in [2.05, 4.69) is 5.32 Å². The van der Waals surface area contributed by atoms with Crippen molar-refractivity contribution in [1.82, 2.24) is 5.32 Å². The van der Waals surface area contributed by atoms with E-state index in [0.717, 1.165) is 16.1 Å². The van der Waals surface area contributed by atoms with Gasteiger partial charge in [0.15, 0.2) is 0 Å². The van der Waals surface area contributed by atoms with Crippen LogP contribution >= 0.6 is 0 Å². The molecule has 0 radical (unpaired) electrons. The molecule has 0 aliphatic carbocycles. The van der Waals surface area contributed by atoms with Crippen molar-refractivity contribution >= 4 is 21.6 Å². The zero-order valence-electron chi connectivity index (χ0n) is 17.2. The van der Waals surface area contributed by atoms with Crippen molar-refractivity contribution in [1.29, 1.82) is 0 Å². The fourth-order valence-electron chi connectivity index (χ4n) is 2.62. The number of anilines is 1. The van der Waals surface area contributed by atoms with Gasteiger partial charge in [0.1, 0.15) is 24.7 Å². The van der Waals surface area contributed by atoms with E-state index in [1.807, 2.05) is 38.1 Å². The fraction of sp³-hybridized carbons (Fsp3) is 0.381. The average Bonchev–Trinajstić information content (AvgIpc) is 2.66. The van der Waals surface area contributed by atoms with Gasteiger partial charge < -0.3 is 14.8 Å². The maximum absolute atomic E-state index is 12.4. The van der Waals surface area contributed by atoms with Gasteiger partial charge in [-0.1, -0.05) is 17.7 Å². The molecule has 1 atom stereocenters. The maximum Gasteiger partial charge on any atom is 0.241 e. The Bertz CT molecular complexity index is 896. The molecule has 8 heteroatoms. The second kappa shape index (κ2) is 10.2. The second-order valence-electron chi connectivity index (χ2n) is 6.79. The molecule has 0 saturated heterocycles. The number of aryl methyl sites for hydroxylation is 1. The largest absolute Gasteiger partial charge is 0.494 e. The Morgan fingerprint density at radius 2 is 1.59 bits per heavy atom. The minimum Gasteiger partial charge on any atom is -0.494 e. The highest BCUT2D eigenvalue weighted by Crippen LogP contribution is 2.21.